The first-order valence-corrected chi connectivity index (χ1v) is 9.65. The first kappa shape index (κ1) is 21.9. The second kappa shape index (κ2) is 8.33. The van der Waals surface area contributed by atoms with Crippen LogP contribution >= 0.6 is 0 Å². The van der Waals surface area contributed by atoms with Gasteiger partial charge in [0.1, 0.15) is 16.9 Å². The van der Waals surface area contributed by atoms with E-state index in [4.69, 9.17) is 4.74 Å². The molecule has 2 aromatic carbocycles. The van der Waals surface area contributed by atoms with Crippen molar-refractivity contribution in [2.75, 3.05) is 18.5 Å². The number of nitrogens with one attached hydrogen (secondary N) is 1. The zero-order chi connectivity index (χ0) is 22.9. The number of aliphatic hydroxyl groups excluding tert-OH is 1. The fourth-order valence-corrected chi connectivity index (χ4v) is 3.53. The van der Waals surface area contributed by atoms with Gasteiger partial charge in [-0.1, -0.05) is 24.3 Å². The molecule has 0 radical (unpaired) electrons. The quantitative estimate of drug-likeness (QED) is 0.574. The van der Waals surface area contributed by atoms with Crippen LogP contribution in [0.1, 0.15) is 16.8 Å². The number of carbonyl (C=O) groups excluding carboxylic acids is 1. The number of rotatable bonds is 5. The molecular formula is C23H18F4N2O3. The van der Waals surface area contributed by atoms with Crippen molar-refractivity contribution < 1.29 is 32.2 Å². The van der Waals surface area contributed by atoms with E-state index < -0.39 is 29.7 Å². The summed E-state index contributed by atoms with van der Waals surface area (Å²) >= 11 is 0. The highest BCUT2D eigenvalue weighted by atomic mass is 19.4. The van der Waals surface area contributed by atoms with E-state index in [1.165, 1.54) is 24.3 Å². The molecule has 2 heterocycles. The van der Waals surface area contributed by atoms with Crippen molar-refractivity contribution in [1.29, 1.82) is 0 Å². The number of benzene rings is 2. The van der Waals surface area contributed by atoms with Gasteiger partial charge in [0.15, 0.2) is 0 Å². The summed E-state index contributed by atoms with van der Waals surface area (Å²) in [5.74, 6) is -0.726. The van der Waals surface area contributed by atoms with Crippen LogP contribution in [-0.2, 0) is 27.7 Å². The summed E-state index contributed by atoms with van der Waals surface area (Å²) < 4.78 is 57.1. The van der Waals surface area contributed by atoms with Crippen molar-refractivity contribution >= 4 is 11.6 Å². The second-order valence-electron chi connectivity index (χ2n) is 7.50. The lowest BCUT2D eigenvalue weighted by Crippen LogP contribution is -2.55. The summed E-state index contributed by atoms with van der Waals surface area (Å²) in [6.45, 7) is -0.271. The molecule has 4 rings (SSSR count). The highest BCUT2D eigenvalue weighted by Crippen LogP contribution is 2.36. The van der Waals surface area contributed by atoms with Crippen molar-refractivity contribution in [3.05, 3.63) is 83.4 Å². The van der Waals surface area contributed by atoms with Gasteiger partial charge in [-0.05, 0) is 47.0 Å². The van der Waals surface area contributed by atoms with E-state index in [0.29, 0.717) is 22.4 Å². The number of pyridine rings is 1. The Labute approximate surface area is 180 Å². The standard InChI is InChI=1S/C23H18F4N2O3/c24-17-5-7-18(8-6-17)29-21(31)22(12-32-13-22)16-3-1-14(2-4-16)19-10-28-20(23(25,26)27)9-15(19)11-30/h1-10,30H,11-13H2,(H,29,31). The fourth-order valence-electron chi connectivity index (χ4n) is 3.53. The molecule has 0 atom stereocenters. The number of alkyl halides is 3. The number of aromatic nitrogens is 1. The molecule has 32 heavy (non-hydrogen) atoms. The molecule has 9 heteroatoms. The van der Waals surface area contributed by atoms with Gasteiger partial charge in [0.2, 0.25) is 5.91 Å². The Morgan fingerprint density at radius 3 is 2.28 bits per heavy atom. The van der Waals surface area contributed by atoms with Crippen LogP contribution in [-0.4, -0.2) is 29.2 Å². The van der Waals surface area contributed by atoms with Crippen molar-refractivity contribution in [2.24, 2.45) is 0 Å². The van der Waals surface area contributed by atoms with Gasteiger partial charge in [0.05, 0.1) is 19.8 Å². The van der Waals surface area contributed by atoms with Crippen molar-refractivity contribution in [3.63, 3.8) is 0 Å². The van der Waals surface area contributed by atoms with Crippen LogP contribution in [0.5, 0.6) is 0 Å². The minimum absolute atomic E-state index is 0.0934. The minimum Gasteiger partial charge on any atom is -0.392 e. The number of carbonyl (C=O) groups is 1. The second-order valence-corrected chi connectivity index (χ2v) is 7.50. The van der Waals surface area contributed by atoms with E-state index in [0.717, 1.165) is 12.3 Å². The monoisotopic (exact) mass is 446 g/mol. The van der Waals surface area contributed by atoms with Crippen LogP contribution in [0.15, 0.2) is 60.8 Å². The van der Waals surface area contributed by atoms with Crippen LogP contribution in [0.25, 0.3) is 11.1 Å². The maximum atomic E-state index is 13.1. The number of nitrogens with zero attached hydrogens (tertiary/aromatic N) is 1. The van der Waals surface area contributed by atoms with E-state index in [1.807, 2.05) is 0 Å². The largest absolute Gasteiger partial charge is 0.433 e. The number of hydrogen-bond donors (Lipinski definition) is 2. The van der Waals surface area contributed by atoms with Gasteiger partial charge >= 0.3 is 6.18 Å². The lowest BCUT2D eigenvalue weighted by molar-refractivity contribution is -0.141. The number of anilines is 1. The highest BCUT2D eigenvalue weighted by Gasteiger charge is 2.47. The summed E-state index contributed by atoms with van der Waals surface area (Å²) in [5.41, 5.74) is 0.0987. The van der Waals surface area contributed by atoms with Gasteiger partial charge in [-0.15, -0.1) is 0 Å². The first-order valence-electron chi connectivity index (χ1n) is 9.65. The van der Waals surface area contributed by atoms with Gasteiger partial charge in [-0.3, -0.25) is 9.78 Å². The van der Waals surface area contributed by atoms with Gasteiger partial charge in [0, 0.05) is 17.4 Å². The molecule has 166 valence electrons. The molecule has 0 aliphatic carbocycles. The van der Waals surface area contributed by atoms with Crippen LogP contribution < -0.4 is 5.32 Å². The predicted molar refractivity (Wildman–Crippen MR) is 108 cm³/mol. The summed E-state index contributed by atoms with van der Waals surface area (Å²) in [4.78, 5) is 16.4. The average molecular weight is 446 g/mol. The third kappa shape index (κ3) is 4.09. The first-order chi connectivity index (χ1) is 15.2. The van der Waals surface area contributed by atoms with Crippen molar-refractivity contribution in [1.82, 2.24) is 4.98 Å². The number of ether oxygens (including phenoxy) is 1. The summed E-state index contributed by atoms with van der Waals surface area (Å²) in [7, 11) is 0. The number of hydrogen-bond acceptors (Lipinski definition) is 4. The molecule has 1 aliphatic heterocycles. The highest BCUT2D eigenvalue weighted by molar-refractivity contribution is 6.00. The maximum Gasteiger partial charge on any atom is 0.433 e. The Kier molecular flexibility index (Phi) is 5.70. The van der Waals surface area contributed by atoms with Crippen LogP contribution in [0.4, 0.5) is 23.2 Å². The molecule has 0 unspecified atom stereocenters. The van der Waals surface area contributed by atoms with E-state index in [1.54, 1.807) is 24.3 Å². The van der Waals surface area contributed by atoms with Gasteiger partial charge in [0.25, 0.3) is 0 Å². The molecule has 1 fully saturated rings. The summed E-state index contributed by atoms with van der Waals surface area (Å²) in [6, 6.07) is 12.9. The molecule has 0 bridgehead atoms. The SMILES string of the molecule is O=C(Nc1ccc(F)cc1)C1(c2ccc(-c3cnc(C(F)(F)F)cc3CO)cc2)COC1. The Hall–Kier alpha value is -3.30. The molecule has 0 spiro atoms. The molecule has 1 saturated heterocycles. The van der Waals surface area contributed by atoms with E-state index in [2.05, 4.69) is 10.3 Å². The Bertz CT molecular complexity index is 1130. The average Bonchev–Trinajstić information content (AvgIpc) is 2.74. The third-order valence-electron chi connectivity index (χ3n) is 5.43. The Morgan fingerprint density at radius 2 is 1.75 bits per heavy atom. The molecule has 2 N–H and O–H groups in total. The minimum atomic E-state index is -4.61. The summed E-state index contributed by atoms with van der Waals surface area (Å²) in [5, 5.41) is 12.3. The van der Waals surface area contributed by atoms with Crippen LogP contribution in [0.3, 0.4) is 0 Å². The van der Waals surface area contributed by atoms with Gasteiger partial charge in [-0.2, -0.15) is 13.2 Å². The molecule has 1 aliphatic rings. The molecule has 5 nitrogen and oxygen atoms in total. The van der Waals surface area contributed by atoms with E-state index in [-0.39, 0.29) is 24.7 Å². The number of halogens is 4. The van der Waals surface area contributed by atoms with E-state index in [9.17, 15) is 27.5 Å². The van der Waals surface area contributed by atoms with Crippen LogP contribution in [0.2, 0.25) is 0 Å². The fraction of sp³-hybridized carbons (Fsp3) is 0.217. The topological polar surface area (TPSA) is 71.5 Å². The zero-order valence-corrected chi connectivity index (χ0v) is 16.6. The molecule has 3 aromatic rings. The molecule has 1 aromatic heterocycles. The Morgan fingerprint density at radius 1 is 1.09 bits per heavy atom. The van der Waals surface area contributed by atoms with E-state index >= 15 is 0 Å². The molecule has 1 amide bonds. The summed E-state index contributed by atoms with van der Waals surface area (Å²) in [6.07, 6.45) is -3.53. The zero-order valence-electron chi connectivity index (χ0n) is 16.6. The third-order valence-corrected chi connectivity index (χ3v) is 5.43. The maximum absolute atomic E-state index is 13.1. The predicted octanol–water partition coefficient (Wildman–Crippen LogP) is 4.31. The lowest BCUT2D eigenvalue weighted by Gasteiger charge is -2.40. The normalized spacial score (nSPS) is 15.2. The molecule has 0 saturated carbocycles. The van der Waals surface area contributed by atoms with Gasteiger partial charge in [-0.25, -0.2) is 4.39 Å². The molecular weight excluding hydrogens is 428 g/mol. The number of aliphatic hydroxyl groups is 1. The van der Waals surface area contributed by atoms with Crippen molar-refractivity contribution in [2.45, 2.75) is 18.2 Å². The van der Waals surface area contributed by atoms with Crippen LogP contribution in [0, 0.1) is 5.82 Å². The smallest absolute Gasteiger partial charge is 0.392 e. The van der Waals surface area contributed by atoms with Gasteiger partial charge < -0.3 is 15.2 Å². The van der Waals surface area contributed by atoms with Crippen molar-refractivity contribution in [3.8, 4) is 11.1 Å². The Balaban J connectivity index is 1.60. The lowest BCUT2D eigenvalue weighted by atomic mass is 9.77. The number of amides is 1.